The van der Waals surface area contributed by atoms with Gasteiger partial charge in [-0.3, -0.25) is 19.9 Å². The van der Waals surface area contributed by atoms with E-state index in [1.807, 2.05) is 24.8 Å². The minimum atomic E-state index is -0.488. The average Bonchev–Trinajstić information content (AvgIpc) is 3.32. The van der Waals surface area contributed by atoms with Crippen molar-refractivity contribution in [2.45, 2.75) is 155 Å². The van der Waals surface area contributed by atoms with E-state index in [-0.39, 0.29) is 0 Å². The van der Waals surface area contributed by atoms with Crippen molar-refractivity contribution in [2.24, 2.45) is 0 Å². The van der Waals surface area contributed by atoms with E-state index in [4.69, 9.17) is 24.7 Å². The number of hydrogen-bond donors (Lipinski definition) is 0. The number of rotatable bonds is 26. The largest absolute Gasteiger partial charge is 0.353 e. The lowest BCUT2D eigenvalue weighted by molar-refractivity contribution is 0.0258. The number of aryl methyl sites for hydroxylation is 4. The number of unbranched alkanes of at least 4 members (excludes halogenated alkanes) is 12. The summed E-state index contributed by atoms with van der Waals surface area (Å²) in [7, 11) is 0. The van der Waals surface area contributed by atoms with Crippen LogP contribution in [0.1, 0.15) is 175 Å². The van der Waals surface area contributed by atoms with Gasteiger partial charge in [-0.25, -0.2) is 0 Å². The minimum absolute atomic E-state index is 0.488. The minimum Gasteiger partial charge on any atom is -0.353 e. The number of hydrogen-bond acceptors (Lipinski definition) is 5. The van der Waals surface area contributed by atoms with Gasteiger partial charge in [-0.15, -0.1) is 0 Å². The summed E-state index contributed by atoms with van der Waals surface area (Å²) in [5.41, 5.74) is 12.7. The summed E-state index contributed by atoms with van der Waals surface area (Å²) < 4.78 is 7.21. The standard InChI is InChI=1S/C56H70N4O/c1-5-9-11-13-15-17-19-21-45-27-31-47(32-28-45)51-39-59-53(41-57-51)55(49-35-23-43(7-3)24-36-49)61-56(50-37-25-44(8-4)26-38-50)54-42-58-52(40-60-54)48-33-29-46(30-34-48)22-20-18-16-14-12-10-6-2/h23-42,55-56H,5-22H2,1-4H3. The Balaban J connectivity index is 1.19. The van der Waals surface area contributed by atoms with Crippen molar-refractivity contribution in [3.05, 3.63) is 167 Å². The lowest BCUT2D eigenvalue weighted by Gasteiger charge is -2.25. The molecule has 0 radical (unpaired) electrons. The van der Waals surface area contributed by atoms with Crippen molar-refractivity contribution in [1.29, 1.82) is 0 Å². The Morgan fingerprint density at radius 2 is 0.705 bits per heavy atom. The molecule has 2 atom stereocenters. The van der Waals surface area contributed by atoms with Crippen LogP contribution in [-0.4, -0.2) is 19.9 Å². The van der Waals surface area contributed by atoms with E-state index < -0.39 is 12.2 Å². The van der Waals surface area contributed by atoms with E-state index in [2.05, 4.69) is 125 Å². The number of ether oxygens (including phenoxy) is 1. The van der Waals surface area contributed by atoms with Gasteiger partial charge in [0.05, 0.1) is 47.6 Å². The smallest absolute Gasteiger partial charge is 0.127 e. The van der Waals surface area contributed by atoms with Gasteiger partial charge in [0.2, 0.25) is 0 Å². The zero-order valence-corrected chi connectivity index (χ0v) is 37.6. The topological polar surface area (TPSA) is 60.8 Å². The lowest BCUT2D eigenvalue weighted by Crippen LogP contribution is -2.16. The first-order valence-electron chi connectivity index (χ1n) is 23.7. The quantitative estimate of drug-likeness (QED) is 0.0511. The Labute approximate surface area is 367 Å². The Kier molecular flexibility index (Phi) is 18.7. The number of nitrogens with zero attached hydrogens (tertiary/aromatic N) is 4. The highest BCUT2D eigenvalue weighted by molar-refractivity contribution is 5.59. The van der Waals surface area contributed by atoms with Crippen molar-refractivity contribution < 1.29 is 4.74 Å². The van der Waals surface area contributed by atoms with E-state index >= 15 is 0 Å². The van der Waals surface area contributed by atoms with Gasteiger partial charge in [0.15, 0.2) is 0 Å². The summed E-state index contributed by atoms with van der Waals surface area (Å²) in [5.74, 6) is 0. The summed E-state index contributed by atoms with van der Waals surface area (Å²) >= 11 is 0. The second kappa shape index (κ2) is 25.1. The third-order valence-corrected chi connectivity index (χ3v) is 12.2. The van der Waals surface area contributed by atoms with Crippen LogP contribution in [0.4, 0.5) is 0 Å². The molecule has 0 fully saturated rings. The molecule has 2 aromatic heterocycles. The molecule has 6 rings (SSSR count). The molecule has 0 aliphatic carbocycles. The van der Waals surface area contributed by atoms with Gasteiger partial charge in [0, 0.05) is 11.1 Å². The van der Waals surface area contributed by atoms with E-state index in [1.54, 1.807) is 0 Å². The van der Waals surface area contributed by atoms with E-state index in [0.717, 1.165) is 70.7 Å². The predicted molar refractivity (Wildman–Crippen MR) is 255 cm³/mol. The van der Waals surface area contributed by atoms with Crippen LogP contribution in [0.2, 0.25) is 0 Å². The molecular weight excluding hydrogens is 745 g/mol. The monoisotopic (exact) mass is 815 g/mol. The van der Waals surface area contributed by atoms with Crippen LogP contribution in [-0.2, 0) is 30.4 Å². The lowest BCUT2D eigenvalue weighted by atomic mass is 10.0. The van der Waals surface area contributed by atoms with E-state index in [1.165, 1.54) is 112 Å². The summed E-state index contributed by atoms with van der Waals surface area (Å²) in [6.07, 6.45) is 29.3. The molecule has 5 nitrogen and oxygen atoms in total. The van der Waals surface area contributed by atoms with E-state index in [9.17, 15) is 0 Å². The molecule has 0 aliphatic heterocycles. The molecule has 6 aromatic rings. The first-order chi connectivity index (χ1) is 30.1. The summed E-state index contributed by atoms with van der Waals surface area (Å²) in [4.78, 5) is 20.0. The van der Waals surface area contributed by atoms with Gasteiger partial charge in [-0.2, -0.15) is 0 Å². The maximum Gasteiger partial charge on any atom is 0.127 e. The van der Waals surface area contributed by atoms with Crippen molar-refractivity contribution in [1.82, 2.24) is 19.9 Å². The molecule has 0 saturated heterocycles. The zero-order valence-electron chi connectivity index (χ0n) is 37.6. The molecule has 0 aliphatic rings. The van der Waals surface area contributed by atoms with Crippen LogP contribution in [0.3, 0.4) is 0 Å². The first-order valence-corrected chi connectivity index (χ1v) is 23.7. The summed E-state index contributed by atoms with van der Waals surface area (Å²) in [6, 6.07) is 35.1. The van der Waals surface area contributed by atoms with Crippen LogP contribution in [0.5, 0.6) is 0 Å². The van der Waals surface area contributed by atoms with Crippen molar-refractivity contribution in [3.63, 3.8) is 0 Å². The normalized spacial score (nSPS) is 12.4. The second-order valence-electron chi connectivity index (χ2n) is 16.9. The molecule has 5 heteroatoms. The molecule has 0 spiro atoms. The molecular formula is C56H70N4O. The highest BCUT2D eigenvalue weighted by Crippen LogP contribution is 2.36. The summed E-state index contributed by atoms with van der Waals surface area (Å²) in [5, 5.41) is 0. The van der Waals surface area contributed by atoms with Crippen LogP contribution >= 0.6 is 0 Å². The van der Waals surface area contributed by atoms with Crippen molar-refractivity contribution in [3.8, 4) is 22.5 Å². The predicted octanol–water partition coefficient (Wildman–Crippen LogP) is 15.2. The fraction of sp³-hybridized carbons (Fsp3) is 0.429. The zero-order chi connectivity index (χ0) is 42.5. The second-order valence-corrected chi connectivity index (χ2v) is 16.9. The third kappa shape index (κ3) is 14.0. The van der Waals surface area contributed by atoms with Gasteiger partial charge in [0.25, 0.3) is 0 Å². The molecule has 2 unspecified atom stereocenters. The molecule has 61 heavy (non-hydrogen) atoms. The average molecular weight is 815 g/mol. The third-order valence-electron chi connectivity index (χ3n) is 12.2. The molecule has 4 aromatic carbocycles. The maximum atomic E-state index is 7.21. The van der Waals surface area contributed by atoms with E-state index in [0.29, 0.717) is 0 Å². The van der Waals surface area contributed by atoms with Gasteiger partial charge in [0.1, 0.15) is 12.2 Å². The first kappa shape index (κ1) is 45.5. The Hall–Kier alpha value is -5.00. The van der Waals surface area contributed by atoms with Gasteiger partial charge in [-0.1, -0.05) is 202 Å². The van der Waals surface area contributed by atoms with Gasteiger partial charge >= 0.3 is 0 Å². The fourth-order valence-electron chi connectivity index (χ4n) is 8.13. The SMILES string of the molecule is CCCCCCCCCc1ccc(-c2cnc(C(OC(c3ccc(CC)cc3)c3cnc(-c4ccc(CCCCCCCCC)cc4)cn3)c3ccc(CC)cc3)cn2)cc1. The maximum absolute atomic E-state index is 7.21. The molecule has 320 valence electrons. The Morgan fingerprint density at radius 3 is 1.03 bits per heavy atom. The van der Waals surface area contributed by atoms with Crippen molar-refractivity contribution in [2.75, 3.05) is 0 Å². The summed E-state index contributed by atoms with van der Waals surface area (Å²) in [6.45, 7) is 8.91. The number of aromatic nitrogens is 4. The van der Waals surface area contributed by atoms with Crippen LogP contribution < -0.4 is 0 Å². The van der Waals surface area contributed by atoms with Crippen LogP contribution in [0.25, 0.3) is 22.5 Å². The van der Waals surface area contributed by atoms with Crippen LogP contribution in [0.15, 0.2) is 122 Å². The van der Waals surface area contributed by atoms with Gasteiger partial charge < -0.3 is 4.74 Å². The highest BCUT2D eigenvalue weighted by Gasteiger charge is 2.26. The number of benzene rings is 4. The molecule has 0 saturated carbocycles. The highest BCUT2D eigenvalue weighted by atomic mass is 16.5. The van der Waals surface area contributed by atoms with Crippen molar-refractivity contribution >= 4 is 0 Å². The van der Waals surface area contributed by atoms with Crippen LogP contribution in [0, 0.1) is 0 Å². The molecule has 2 heterocycles. The molecule has 0 N–H and O–H groups in total. The Morgan fingerprint density at radius 1 is 0.361 bits per heavy atom. The van der Waals surface area contributed by atoms with Gasteiger partial charge in [-0.05, 0) is 71.9 Å². The molecule has 0 amide bonds. The molecule has 0 bridgehead atoms. The fourth-order valence-corrected chi connectivity index (χ4v) is 8.13. The Bertz CT molecular complexity index is 1940.